The maximum absolute atomic E-state index is 13.0. The van der Waals surface area contributed by atoms with Gasteiger partial charge in [-0.25, -0.2) is 4.79 Å². The van der Waals surface area contributed by atoms with Crippen molar-refractivity contribution >= 4 is 6.09 Å². The third-order valence-corrected chi connectivity index (χ3v) is 5.12. The summed E-state index contributed by atoms with van der Waals surface area (Å²) in [6.45, 7) is 5.89. The van der Waals surface area contributed by atoms with E-state index in [-0.39, 0.29) is 12.0 Å². The van der Waals surface area contributed by atoms with E-state index in [9.17, 15) is 18.0 Å². The predicted octanol–water partition coefficient (Wildman–Crippen LogP) is 6.56. The highest BCUT2D eigenvalue weighted by Crippen LogP contribution is 2.40. The van der Waals surface area contributed by atoms with E-state index in [1.165, 1.54) is 17.7 Å². The van der Waals surface area contributed by atoms with E-state index >= 15 is 0 Å². The van der Waals surface area contributed by atoms with Crippen LogP contribution in [0, 0.1) is 0 Å². The van der Waals surface area contributed by atoms with Gasteiger partial charge in [0.25, 0.3) is 0 Å². The lowest BCUT2D eigenvalue weighted by atomic mass is 9.83. The van der Waals surface area contributed by atoms with E-state index in [4.69, 9.17) is 4.74 Å². The molecule has 1 saturated heterocycles. The predicted molar refractivity (Wildman–Crippen MR) is 106 cm³/mol. The van der Waals surface area contributed by atoms with Gasteiger partial charge in [0.2, 0.25) is 0 Å². The molecule has 3 nitrogen and oxygen atoms in total. The number of halogens is 3. The summed E-state index contributed by atoms with van der Waals surface area (Å²) in [4.78, 5) is 14.4. The van der Waals surface area contributed by atoms with Gasteiger partial charge in [-0.15, -0.1) is 0 Å². The number of likely N-dealkylation sites (tertiary alicyclic amines) is 1. The first-order chi connectivity index (χ1) is 13.5. The molecule has 2 aromatic carbocycles. The van der Waals surface area contributed by atoms with Crippen molar-refractivity contribution in [1.82, 2.24) is 4.90 Å². The molecule has 2 aromatic rings. The van der Waals surface area contributed by atoms with Crippen LogP contribution in [0.25, 0.3) is 0 Å². The third-order valence-electron chi connectivity index (χ3n) is 5.12. The zero-order valence-electron chi connectivity index (χ0n) is 16.9. The van der Waals surface area contributed by atoms with Crippen LogP contribution in [0.15, 0.2) is 54.6 Å². The smallest absolute Gasteiger partial charge is 0.416 e. The molecule has 1 fully saturated rings. The van der Waals surface area contributed by atoms with Crippen LogP contribution in [0.5, 0.6) is 0 Å². The standard InChI is InChI=1S/C23H26F3NO2/c1-22(2,3)29-21(28)27-14-13-18(16-7-5-4-6-8-16)15-20(27)17-9-11-19(12-10-17)23(24,25)26/h4-12,18,20H,13-15H2,1-3H3/t18-,20-/m1/s1. The van der Waals surface area contributed by atoms with Gasteiger partial charge in [0.1, 0.15) is 5.60 Å². The van der Waals surface area contributed by atoms with Crippen LogP contribution in [0.1, 0.15) is 62.3 Å². The molecule has 29 heavy (non-hydrogen) atoms. The molecule has 0 unspecified atom stereocenters. The zero-order chi connectivity index (χ0) is 21.2. The van der Waals surface area contributed by atoms with Gasteiger partial charge in [-0.05, 0) is 62.8 Å². The van der Waals surface area contributed by atoms with Crippen LogP contribution in [-0.4, -0.2) is 23.1 Å². The molecule has 1 aliphatic heterocycles. The van der Waals surface area contributed by atoms with Crippen molar-refractivity contribution in [2.24, 2.45) is 0 Å². The summed E-state index contributed by atoms with van der Waals surface area (Å²) in [5.74, 6) is 0.224. The normalized spacial score (nSPS) is 20.4. The molecule has 156 valence electrons. The second-order valence-electron chi connectivity index (χ2n) is 8.44. The molecule has 0 N–H and O–H groups in total. The Morgan fingerprint density at radius 3 is 2.14 bits per heavy atom. The fourth-order valence-corrected chi connectivity index (χ4v) is 3.74. The van der Waals surface area contributed by atoms with Gasteiger partial charge in [0.05, 0.1) is 11.6 Å². The molecule has 0 saturated carbocycles. The minimum absolute atomic E-state index is 0.224. The fourth-order valence-electron chi connectivity index (χ4n) is 3.74. The molecule has 1 aliphatic rings. The van der Waals surface area contributed by atoms with Crippen molar-refractivity contribution in [3.05, 3.63) is 71.3 Å². The number of hydrogen-bond donors (Lipinski definition) is 0. The molecule has 0 spiro atoms. The van der Waals surface area contributed by atoms with E-state index < -0.39 is 23.4 Å². The minimum atomic E-state index is -4.39. The molecule has 0 bridgehead atoms. The van der Waals surface area contributed by atoms with Gasteiger partial charge in [-0.2, -0.15) is 13.2 Å². The number of piperidine rings is 1. The Morgan fingerprint density at radius 1 is 0.966 bits per heavy atom. The topological polar surface area (TPSA) is 29.5 Å². The number of hydrogen-bond acceptors (Lipinski definition) is 2. The highest BCUT2D eigenvalue weighted by Gasteiger charge is 2.36. The van der Waals surface area contributed by atoms with Crippen LogP contribution in [0.4, 0.5) is 18.0 Å². The average molecular weight is 405 g/mol. The Kier molecular flexibility index (Phi) is 5.92. The lowest BCUT2D eigenvalue weighted by Gasteiger charge is -2.40. The number of ether oxygens (including phenoxy) is 1. The maximum atomic E-state index is 13.0. The molecule has 0 aromatic heterocycles. The van der Waals surface area contributed by atoms with Crippen molar-refractivity contribution in [1.29, 1.82) is 0 Å². The maximum Gasteiger partial charge on any atom is 0.416 e. The molecule has 1 amide bonds. The highest BCUT2D eigenvalue weighted by molar-refractivity contribution is 5.69. The van der Waals surface area contributed by atoms with Crippen molar-refractivity contribution in [3.63, 3.8) is 0 Å². The fraction of sp³-hybridized carbons (Fsp3) is 0.435. The first-order valence-corrected chi connectivity index (χ1v) is 9.76. The number of carbonyl (C=O) groups excluding carboxylic acids is 1. The Bertz CT molecular complexity index is 826. The molecule has 3 rings (SSSR count). The number of alkyl halides is 3. The van der Waals surface area contributed by atoms with E-state index in [1.54, 1.807) is 25.7 Å². The zero-order valence-corrected chi connectivity index (χ0v) is 16.9. The summed E-state index contributed by atoms with van der Waals surface area (Å²) < 4.78 is 44.4. The second-order valence-corrected chi connectivity index (χ2v) is 8.44. The Labute approximate surface area is 169 Å². The number of amides is 1. The largest absolute Gasteiger partial charge is 0.444 e. The van der Waals surface area contributed by atoms with Crippen molar-refractivity contribution in [3.8, 4) is 0 Å². The summed E-state index contributed by atoms with van der Waals surface area (Å²) >= 11 is 0. The molecular weight excluding hydrogens is 379 g/mol. The van der Waals surface area contributed by atoms with Crippen LogP contribution < -0.4 is 0 Å². The van der Waals surface area contributed by atoms with Crippen molar-refractivity contribution in [2.75, 3.05) is 6.54 Å². The van der Waals surface area contributed by atoms with Crippen LogP contribution in [-0.2, 0) is 10.9 Å². The summed E-state index contributed by atoms with van der Waals surface area (Å²) in [5.41, 5.74) is 0.524. The number of benzene rings is 2. The van der Waals surface area contributed by atoms with Gasteiger partial charge in [-0.3, -0.25) is 0 Å². The van der Waals surface area contributed by atoms with Gasteiger partial charge >= 0.3 is 12.3 Å². The quantitative estimate of drug-likeness (QED) is 0.566. The first-order valence-electron chi connectivity index (χ1n) is 9.76. The monoisotopic (exact) mass is 405 g/mol. The minimum Gasteiger partial charge on any atom is -0.444 e. The lowest BCUT2D eigenvalue weighted by molar-refractivity contribution is -0.137. The third kappa shape index (κ3) is 5.31. The highest BCUT2D eigenvalue weighted by atomic mass is 19.4. The first kappa shape index (κ1) is 21.2. The van der Waals surface area contributed by atoms with Crippen LogP contribution >= 0.6 is 0 Å². The van der Waals surface area contributed by atoms with Crippen LogP contribution in [0.2, 0.25) is 0 Å². The molecular formula is C23H26F3NO2. The Balaban J connectivity index is 1.89. The SMILES string of the molecule is CC(C)(C)OC(=O)N1CC[C@@H](c2ccccc2)C[C@@H]1c1ccc(C(F)(F)F)cc1. The van der Waals surface area contributed by atoms with Gasteiger partial charge < -0.3 is 9.64 Å². The lowest BCUT2D eigenvalue weighted by Crippen LogP contribution is -2.43. The summed E-state index contributed by atoms with van der Waals surface area (Å²) in [5, 5.41) is 0. The Morgan fingerprint density at radius 2 is 1.59 bits per heavy atom. The molecule has 0 radical (unpaired) electrons. The average Bonchev–Trinajstić information content (AvgIpc) is 2.66. The number of carbonyl (C=O) groups is 1. The molecule has 2 atom stereocenters. The summed E-state index contributed by atoms with van der Waals surface area (Å²) in [6.07, 6.45) is -3.41. The molecule has 1 heterocycles. The van der Waals surface area contributed by atoms with E-state index in [0.717, 1.165) is 18.6 Å². The molecule has 0 aliphatic carbocycles. The molecule has 6 heteroatoms. The van der Waals surface area contributed by atoms with E-state index in [1.807, 2.05) is 18.2 Å². The second kappa shape index (κ2) is 8.09. The van der Waals surface area contributed by atoms with E-state index in [0.29, 0.717) is 18.5 Å². The van der Waals surface area contributed by atoms with Crippen LogP contribution in [0.3, 0.4) is 0 Å². The van der Waals surface area contributed by atoms with Crippen molar-refractivity contribution < 1.29 is 22.7 Å². The summed E-state index contributed by atoms with van der Waals surface area (Å²) in [7, 11) is 0. The Hall–Kier alpha value is -2.50. The number of rotatable bonds is 2. The van der Waals surface area contributed by atoms with Gasteiger partial charge in [0, 0.05) is 6.54 Å². The van der Waals surface area contributed by atoms with Gasteiger partial charge in [0.15, 0.2) is 0 Å². The summed E-state index contributed by atoms with van der Waals surface area (Å²) in [6, 6.07) is 14.8. The van der Waals surface area contributed by atoms with E-state index in [2.05, 4.69) is 12.1 Å². The van der Waals surface area contributed by atoms with Crippen molar-refractivity contribution in [2.45, 2.75) is 57.3 Å². The number of nitrogens with zero attached hydrogens (tertiary/aromatic N) is 1. The van der Waals surface area contributed by atoms with Gasteiger partial charge in [-0.1, -0.05) is 42.5 Å².